The van der Waals surface area contributed by atoms with Crippen molar-refractivity contribution in [1.82, 2.24) is 29.4 Å². The third kappa shape index (κ3) is 4.04. The summed E-state index contributed by atoms with van der Waals surface area (Å²) < 4.78 is 36.8. The Bertz CT molecular complexity index is 1420. The molecule has 0 aliphatic carbocycles. The molecule has 1 atom stereocenters. The number of allylic oxidation sites excluding steroid dienone is 3. The summed E-state index contributed by atoms with van der Waals surface area (Å²) in [5, 5.41) is 0. The first-order valence-corrected chi connectivity index (χ1v) is 12.4. The summed E-state index contributed by atoms with van der Waals surface area (Å²) in [6.07, 6.45) is 9.28. The Hall–Kier alpha value is -3.69. The predicted octanol–water partition coefficient (Wildman–Crippen LogP) is 4.62. The zero-order chi connectivity index (χ0) is 24.8. The van der Waals surface area contributed by atoms with Crippen LogP contribution in [0.2, 0.25) is 0 Å². The van der Waals surface area contributed by atoms with E-state index in [1.54, 1.807) is 4.57 Å². The Labute approximate surface area is 207 Å². The van der Waals surface area contributed by atoms with Crippen LogP contribution in [-0.2, 0) is 6.54 Å². The van der Waals surface area contributed by atoms with E-state index in [4.69, 9.17) is 9.72 Å². The first-order valence-electron chi connectivity index (χ1n) is 12.4. The van der Waals surface area contributed by atoms with Gasteiger partial charge in [-0.1, -0.05) is 0 Å². The zero-order valence-electron chi connectivity index (χ0n) is 20.3. The van der Waals surface area contributed by atoms with Gasteiger partial charge in [-0.25, -0.2) is 13.8 Å². The molecule has 1 fully saturated rings. The minimum absolute atomic E-state index is 0.0256. The number of piperidine rings is 1. The van der Waals surface area contributed by atoms with Gasteiger partial charge in [0, 0.05) is 43.4 Å². The second-order valence-electron chi connectivity index (χ2n) is 9.49. The second kappa shape index (κ2) is 9.07. The molecule has 1 unspecified atom stereocenters. The quantitative estimate of drug-likeness (QED) is 0.501. The monoisotopic (exact) mass is 491 g/mol. The van der Waals surface area contributed by atoms with Gasteiger partial charge in [0.1, 0.15) is 23.0 Å². The number of aliphatic imine (C=N–C) groups is 1. The molecular weight excluding hydrogens is 464 g/mol. The van der Waals surface area contributed by atoms with Crippen molar-refractivity contribution in [3.05, 3.63) is 53.3 Å². The molecule has 4 aliphatic rings. The maximum atomic E-state index is 15.5. The highest BCUT2D eigenvalue weighted by atomic mass is 19.1. The van der Waals surface area contributed by atoms with Gasteiger partial charge in [-0.15, -0.1) is 0 Å². The lowest BCUT2D eigenvalue weighted by Gasteiger charge is -2.41. The van der Waals surface area contributed by atoms with E-state index < -0.39 is 5.82 Å². The summed E-state index contributed by atoms with van der Waals surface area (Å²) in [7, 11) is 0. The van der Waals surface area contributed by atoms with Crippen LogP contribution in [0.25, 0.3) is 22.6 Å². The molecule has 0 N–H and O–H groups in total. The molecule has 0 saturated carbocycles. The smallest absolute Gasteiger partial charge is 0.318 e. The predicted molar refractivity (Wildman–Crippen MR) is 132 cm³/mol. The Morgan fingerprint density at radius 1 is 1.11 bits per heavy atom. The lowest BCUT2D eigenvalue weighted by Crippen LogP contribution is -2.38. The number of aromatic nitrogens is 5. The number of ether oxygens (including phenoxy) is 1. The Kier molecular flexibility index (Phi) is 5.73. The minimum atomic E-state index is -0.487. The topological polar surface area (TPSA) is 81.3 Å². The molecule has 7 heterocycles. The van der Waals surface area contributed by atoms with Crippen LogP contribution < -0.4 is 4.74 Å². The maximum absolute atomic E-state index is 15.5. The molecule has 8 nitrogen and oxygen atoms in total. The highest BCUT2D eigenvalue weighted by molar-refractivity contribution is 5.79. The molecule has 0 radical (unpaired) electrons. The summed E-state index contributed by atoms with van der Waals surface area (Å²) in [5.41, 5.74) is 3.68. The van der Waals surface area contributed by atoms with Crippen LogP contribution in [0.15, 0.2) is 46.7 Å². The number of imidazole rings is 1. The van der Waals surface area contributed by atoms with Crippen LogP contribution in [0.5, 0.6) is 6.01 Å². The minimum Gasteiger partial charge on any atom is -0.464 e. The van der Waals surface area contributed by atoms with Crippen LogP contribution in [0, 0.1) is 24.6 Å². The molecule has 0 aromatic carbocycles. The lowest BCUT2D eigenvalue weighted by atomic mass is 9.78. The van der Waals surface area contributed by atoms with Crippen molar-refractivity contribution in [3.63, 3.8) is 0 Å². The number of rotatable bonds is 6. The van der Waals surface area contributed by atoms with E-state index in [0.29, 0.717) is 46.5 Å². The van der Waals surface area contributed by atoms with Crippen molar-refractivity contribution in [1.29, 1.82) is 0 Å². The molecule has 10 heteroatoms. The van der Waals surface area contributed by atoms with Crippen molar-refractivity contribution in [2.24, 2.45) is 16.8 Å². The third-order valence-corrected chi connectivity index (χ3v) is 7.18. The van der Waals surface area contributed by atoms with Crippen molar-refractivity contribution in [3.8, 4) is 17.4 Å². The van der Waals surface area contributed by atoms with Crippen LogP contribution in [0.4, 0.5) is 8.78 Å². The average molecular weight is 492 g/mol. The molecule has 7 rings (SSSR count). The van der Waals surface area contributed by atoms with Gasteiger partial charge in [-0.05, 0) is 50.4 Å². The van der Waals surface area contributed by atoms with Gasteiger partial charge in [0.25, 0.3) is 0 Å². The standard InChI is InChI=1S/C26H27F2N7O/c1-3-36-26-31-15(2)23-25(33-26)35(24(32-23)18-8-19(27)12-29-10-18)14-22-21(28)9-17(11-30-22)20-13-34-6-4-16(20)5-7-34/h8,10-13,16-17H,3-7,9,14H2,1-2H3. The average Bonchev–Trinajstić information content (AvgIpc) is 3.25. The van der Waals surface area contributed by atoms with Gasteiger partial charge >= 0.3 is 6.01 Å². The zero-order valence-corrected chi connectivity index (χ0v) is 20.3. The lowest BCUT2D eigenvalue weighted by molar-refractivity contribution is 0.220. The first kappa shape index (κ1) is 22.8. The second-order valence-corrected chi connectivity index (χ2v) is 9.49. The summed E-state index contributed by atoms with van der Waals surface area (Å²) in [5.74, 6) is 0.171. The number of hydrogen-bond donors (Lipinski definition) is 0. The van der Waals surface area contributed by atoms with E-state index in [1.165, 1.54) is 17.8 Å². The highest BCUT2D eigenvalue weighted by Gasteiger charge is 2.33. The third-order valence-electron chi connectivity index (χ3n) is 7.18. The number of aryl methyl sites for hydroxylation is 1. The normalized spacial score (nSPS) is 19.9. The van der Waals surface area contributed by atoms with Crippen LogP contribution in [-0.4, -0.2) is 55.3 Å². The fraction of sp³-hybridized carbons (Fsp3) is 0.423. The molecule has 2 bridgehead atoms. The van der Waals surface area contributed by atoms with E-state index >= 15 is 4.39 Å². The van der Waals surface area contributed by atoms with E-state index in [-0.39, 0.29) is 30.7 Å². The Morgan fingerprint density at radius 2 is 1.94 bits per heavy atom. The van der Waals surface area contributed by atoms with E-state index in [0.717, 1.165) is 32.1 Å². The van der Waals surface area contributed by atoms with Crippen molar-refractivity contribution >= 4 is 17.4 Å². The van der Waals surface area contributed by atoms with Gasteiger partial charge in [0.05, 0.1) is 30.7 Å². The van der Waals surface area contributed by atoms with Crippen LogP contribution in [0.3, 0.4) is 0 Å². The summed E-state index contributed by atoms with van der Waals surface area (Å²) in [6, 6.07) is 1.56. The molecule has 0 amide bonds. The van der Waals surface area contributed by atoms with Gasteiger partial charge in [-0.2, -0.15) is 9.97 Å². The van der Waals surface area contributed by atoms with Gasteiger partial charge in [0.15, 0.2) is 5.65 Å². The molecule has 36 heavy (non-hydrogen) atoms. The number of nitrogens with zero attached hydrogens (tertiary/aromatic N) is 7. The largest absolute Gasteiger partial charge is 0.464 e. The molecule has 3 aromatic heterocycles. The van der Waals surface area contributed by atoms with Crippen LogP contribution >= 0.6 is 0 Å². The summed E-state index contributed by atoms with van der Waals surface area (Å²) >= 11 is 0. The first-order chi connectivity index (χ1) is 17.5. The molecule has 186 valence electrons. The summed E-state index contributed by atoms with van der Waals surface area (Å²) in [4.78, 5) is 24.5. The maximum Gasteiger partial charge on any atom is 0.318 e. The van der Waals surface area contributed by atoms with Crippen molar-refractivity contribution < 1.29 is 13.5 Å². The molecular formula is C26H27F2N7O. The van der Waals surface area contributed by atoms with Gasteiger partial charge < -0.3 is 14.2 Å². The summed E-state index contributed by atoms with van der Waals surface area (Å²) in [6.45, 7) is 6.31. The van der Waals surface area contributed by atoms with E-state index in [2.05, 4.69) is 31.0 Å². The van der Waals surface area contributed by atoms with E-state index in [9.17, 15) is 4.39 Å². The number of fused-ring (bicyclic) bond motifs is 3. The SMILES string of the molecule is CCOc1nc(C)c2nc(-c3cncc(F)c3)n(CC3=C(F)CC(C4=CN5CCC4CC5)C=N3)c2n1. The van der Waals surface area contributed by atoms with Crippen molar-refractivity contribution in [2.45, 2.75) is 39.7 Å². The molecule has 0 spiro atoms. The molecule has 4 aliphatic heterocycles. The fourth-order valence-electron chi connectivity index (χ4n) is 5.38. The fourth-order valence-corrected chi connectivity index (χ4v) is 5.38. The molecule has 1 saturated heterocycles. The molecule has 3 aromatic rings. The number of hydrogen-bond acceptors (Lipinski definition) is 7. The Balaban J connectivity index is 1.39. The Morgan fingerprint density at radius 3 is 2.64 bits per heavy atom. The van der Waals surface area contributed by atoms with Crippen molar-refractivity contribution in [2.75, 3.05) is 19.7 Å². The van der Waals surface area contributed by atoms with Crippen LogP contribution in [0.1, 0.15) is 31.9 Å². The highest BCUT2D eigenvalue weighted by Crippen LogP contribution is 2.39. The number of pyridine rings is 1. The van der Waals surface area contributed by atoms with Gasteiger partial charge in [0.2, 0.25) is 0 Å². The van der Waals surface area contributed by atoms with E-state index in [1.807, 2.05) is 20.1 Å². The van der Waals surface area contributed by atoms with Gasteiger partial charge in [-0.3, -0.25) is 9.98 Å². The number of halogens is 2.